The van der Waals surface area contributed by atoms with Crippen LogP contribution in [0.5, 0.6) is 0 Å². The minimum atomic E-state index is -0.250. The third-order valence-electron chi connectivity index (χ3n) is 5.41. The lowest BCUT2D eigenvalue weighted by molar-refractivity contribution is -0.122. The van der Waals surface area contributed by atoms with Gasteiger partial charge in [0.2, 0.25) is 0 Å². The second kappa shape index (κ2) is 19.7. The quantitative estimate of drug-likeness (QED) is 0.279. The molecular weight excluding hydrogens is 533 g/mol. The Kier molecular flexibility index (Phi) is 18.4. The standard InChI is InChI=1S/C18H19Cl2N.C7H7Cl.C2H6O.CH2O2.CH2O/c1-2-21-18(7-4-8-18)15-6-3-5-13(9-15)14-10-16(19)12-17(20)11-14;1-6-4-2-3-5-7(6)8;1-2-3;2-1-3;1-2/h3,5-6,9-12,21H,2,4,7-8H2,1H3;2-5H,1H3;3H,2H2,1H3;1H,(H,2,3);1H2. The Bertz CT molecular complexity index is 1020. The second-order valence-electron chi connectivity index (χ2n) is 7.88. The van der Waals surface area contributed by atoms with Gasteiger partial charge in [-0.2, -0.15) is 0 Å². The fourth-order valence-corrected chi connectivity index (χ4v) is 4.37. The molecule has 1 fully saturated rings. The zero-order chi connectivity index (χ0) is 28.3. The molecule has 3 N–H and O–H groups in total. The average Bonchev–Trinajstić information content (AvgIpc) is 2.85. The maximum Gasteiger partial charge on any atom is 0.290 e. The van der Waals surface area contributed by atoms with Crippen LogP contribution in [0.25, 0.3) is 11.1 Å². The minimum Gasteiger partial charge on any atom is -0.483 e. The van der Waals surface area contributed by atoms with Crippen molar-refractivity contribution in [2.24, 2.45) is 0 Å². The molecule has 8 heteroatoms. The number of aryl methyl sites for hydroxylation is 1. The molecule has 0 saturated heterocycles. The van der Waals surface area contributed by atoms with Gasteiger partial charge < -0.3 is 20.3 Å². The predicted octanol–water partition coefficient (Wildman–Crippen LogP) is 7.81. The number of aliphatic hydroxyl groups excluding tert-OH is 1. The number of carboxylic acid groups (broad SMARTS) is 1. The van der Waals surface area contributed by atoms with E-state index < -0.39 is 0 Å². The molecule has 5 nitrogen and oxygen atoms in total. The van der Waals surface area contributed by atoms with E-state index in [2.05, 4.69) is 36.5 Å². The molecule has 37 heavy (non-hydrogen) atoms. The molecule has 0 heterocycles. The first kappa shape index (κ1) is 34.6. The molecule has 202 valence electrons. The molecular formula is C29H36Cl3NO4. The summed E-state index contributed by atoms with van der Waals surface area (Å²) in [6, 6.07) is 22.2. The van der Waals surface area contributed by atoms with E-state index in [1.165, 1.54) is 30.4 Å². The summed E-state index contributed by atoms with van der Waals surface area (Å²) < 4.78 is 0. The van der Waals surface area contributed by atoms with E-state index >= 15 is 0 Å². The van der Waals surface area contributed by atoms with Crippen LogP contribution in [0.3, 0.4) is 0 Å². The molecule has 0 radical (unpaired) electrons. The van der Waals surface area contributed by atoms with Gasteiger partial charge in [-0.25, -0.2) is 0 Å². The maximum atomic E-state index is 8.36. The van der Waals surface area contributed by atoms with Crippen molar-refractivity contribution < 1.29 is 19.8 Å². The Morgan fingerprint density at radius 3 is 1.86 bits per heavy atom. The van der Waals surface area contributed by atoms with Gasteiger partial charge in [0.1, 0.15) is 6.79 Å². The molecule has 0 atom stereocenters. The zero-order valence-corrected chi connectivity index (χ0v) is 23.8. The Morgan fingerprint density at radius 2 is 1.46 bits per heavy atom. The summed E-state index contributed by atoms with van der Waals surface area (Å²) in [7, 11) is 0. The van der Waals surface area contributed by atoms with Gasteiger partial charge >= 0.3 is 0 Å². The lowest BCUT2D eigenvalue weighted by Gasteiger charge is -2.43. The van der Waals surface area contributed by atoms with Gasteiger partial charge in [0, 0.05) is 27.2 Å². The van der Waals surface area contributed by atoms with Crippen molar-refractivity contribution in [3.63, 3.8) is 0 Å². The summed E-state index contributed by atoms with van der Waals surface area (Å²) >= 11 is 18.0. The van der Waals surface area contributed by atoms with Gasteiger partial charge in [-0.1, -0.05) is 78.1 Å². The maximum absolute atomic E-state index is 8.36. The number of hydrogen-bond acceptors (Lipinski definition) is 4. The van der Waals surface area contributed by atoms with Crippen molar-refractivity contribution in [3.8, 4) is 11.1 Å². The van der Waals surface area contributed by atoms with Crippen LogP contribution in [0.4, 0.5) is 0 Å². The number of rotatable bonds is 4. The van der Waals surface area contributed by atoms with E-state index in [4.69, 9.17) is 54.6 Å². The molecule has 0 unspecified atom stereocenters. The van der Waals surface area contributed by atoms with Crippen molar-refractivity contribution in [1.29, 1.82) is 0 Å². The summed E-state index contributed by atoms with van der Waals surface area (Å²) in [5.74, 6) is 0. The monoisotopic (exact) mass is 567 g/mol. The Morgan fingerprint density at radius 1 is 0.919 bits per heavy atom. The van der Waals surface area contributed by atoms with Crippen LogP contribution in [-0.4, -0.2) is 36.6 Å². The number of nitrogens with one attached hydrogen (secondary N) is 1. The molecule has 0 bridgehead atoms. The van der Waals surface area contributed by atoms with Crippen molar-refractivity contribution in [2.75, 3.05) is 13.2 Å². The number of benzene rings is 3. The van der Waals surface area contributed by atoms with Crippen molar-refractivity contribution >= 4 is 48.1 Å². The van der Waals surface area contributed by atoms with Crippen molar-refractivity contribution in [2.45, 2.75) is 45.6 Å². The third-order valence-corrected chi connectivity index (χ3v) is 6.27. The van der Waals surface area contributed by atoms with Crippen LogP contribution in [0.2, 0.25) is 15.1 Å². The number of aliphatic hydroxyl groups is 1. The number of halogens is 3. The fourth-order valence-electron chi connectivity index (χ4n) is 3.70. The normalized spacial score (nSPS) is 12.3. The first-order chi connectivity index (χ1) is 17.8. The van der Waals surface area contributed by atoms with Gasteiger partial charge in [0.05, 0.1) is 0 Å². The molecule has 0 aromatic heterocycles. The lowest BCUT2D eigenvalue weighted by Crippen LogP contribution is -2.47. The minimum absolute atomic E-state index is 0.160. The number of carbonyl (C=O) groups is 2. The SMILES string of the molecule is C=O.CCNC1(c2cccc(-c3cc(Cl)cc(Cl)c3)c2)CCC1.CCO.Cc1ccccc1Cl.O=CO. The second-order valence-corrected chi connectivity index (χ2v) is 9.16. The summed E-state index contributed by atoms with van der Waals surface area (Å²) in [5.41, 5.74) is 4.90. The van der Waals surface area contributed by atoms with E-state index in [-0.39, 0.29) is 18.6 Å². The third kappa shape index (κ3) is 12.1. The van der Waals surface area contributed by atoms with Gasteiger partial charge in [-0.15, -0.1) is 0 Å². The van der Waals surface area contributed by atoms with E-state index in [0.717, 1.165) is 22.7 Å². The van der Waals surface area contributed by atoms with Gasteiger partial charge in [-0.3, -0.25) is 4.79 Å². The molecule has 0 aliphatic heterocycles. The van der Waals surface area contributed by atoms with Crippen LogP contribution >= 0.6 is 34.8 Å². The first-order valence-corrected chi connectivity index (χ1v) is 12.9. The average molecular weight is 569 g/mol. The van der Waals surface area contributed by atoms with Crippen LogP contribution in [0.1, 0.15) is 44.2 Å². The molecule has 1 saturated carbocycles. The molecule has 3 aromatic carbocycles. The zero-order valence-electron chi connectivity index (χ0n) is 21.5. The molecule has 4 rings (SSSR count). The van der Waals surface area contributed by atoms with Crippen molar-refractivity contribution in [3.05, 3.63) is 92.9 Å². The van der Waals surface area contributed by atoms with Crippen molar-refractivity contribution in [1.82, 2.24) is 5.32 Å². The van der Waals surface area contributed by atoms with Crippen LogP contribution in [0.15, 0.2) is 66.7 Å². The predicted molar refractivity (Wildman–Crippen MR) is 156 cm³/mol. The Labute approximate surface area is 235 Å². The summed E-state index contributed by atoms with van der Waals surface area (Å²) in [6.07, 6.45) is 3.71. The van der Waals surface area contributed by atoms with Crippen LogP contribution < -0.4 is 5.32 Å². The van der Waals surface area contributed by atoms with Gasteiger partial charge in [0.15, 0.2) is 0 Å². The fraction of sp³-hybridized carbons (Fsp3) is 0.310. The van der Waals surface area contributed by atoms with Gasteiger partial charge in [0.25, 0.3) is 6.47 Å². The topological polar surface area (TPSA) is 86.6 Å². The Balaban J connectivity index is 0.000000669. The van der Waals surface area contributed by atoms with Crippen LogP contribution in [-0.2, 0) is 15.1 Å². The highest BCUT2D eigenvalue weighted by atomic mass is 35.5. The summed E-state index contributed by atoms with van der Waals surface area (Å²) in [5, 5.41) is 20.3. The molecule has 3 aromatic rings. The van der Waals surface area contributed by atoms with Gasteiger partial charge in [-0.05, 0) is 92.2 Å². The van der Waals surface area contributed by atoms with E-state index in [0.29, 0.717) is 10.0 Å². The first-order valence-electron chi connectivity index (χ1n) is 11.8. The lowest BCUT2D eigenvalue weighted by atomic mass is 9.71. The van der Waals surface area contributed by atoms with E-state index in [9.17, 15) is 0 Å². The van der Waals surface area contributed by atoms with E-state index in [1.54, 1.807) is 13.0 Å². The van der Waals surface area contributed by atoms with E-state index in [1.807, 2.05) is 50.1 Å². The molecule has 0 amide bonds. The summed E-state index contributed by atoms with van der Waals surface area (Å²) in [4.78, 5) is 16.4. The smallest absolute Gasteiger partial charge is 0.290 e. The Hall–Kier alpha value is -2.41. The summed E-state index contributed by atoms with van der Waals surface area (Å²) in [6.45, 7) is 8.83. The highest BCUT2D eigenvalue weighted by Gasteiger charge is 2.37. The molecule has 1 aliphatic carbocycles. The number of carbonyl (C=O) groups excluding carboxylic acids is 1. The van der Waals surface area contributed by atoms with Crippen LogP contribution in [0, 0.1) is 6.92 Å². The highest BCUT2D eigenvalue weighted by Crippen LogP contribution is 2.42. The number of hydrogen-bond donors (Lipinski definition) is 3. The largest absolute Gasteiger partial charge is 0.483 e. The molecule has 1 aliphatic rings. The highest BCUT2D eigenvalue weighted by molar-refractivity contribution is 6.35. The molecule has 0 spiro atoms.